The van der Waals surface area contributed by atoms with Crippen LogP contribution in [0.1, 0.15) is 34.8 Å². The number of aromatic amines is 1. The summed E-state index contributed by atoms with van der Waals surface area (Å²) in [5.74, 6) is -0.174. The van der Waals surface area contributed by atoms with Gasteiger partial charge in [0.05, 0.1) is 12.6 Å². The molecule has 0 aliphatic carbocycles. The van der Waals surface area contributed by atoms with Crippen LogP contribution in [0.5, 0.6) is 5.75 Å². The number of aliphatic hydroxyl groups excluding tert-OH is 1. The van der Waals surface area contributed by atoms with Crippen molar-refractivity contribution in [2.24, 2.45) is 0 Å². The summed E-state index contributed by atoms with van der Waals surface area (Å²) in [4.78, 5) is 36.9. The Morgan fingerprint density at radius 1 is 1.39 bits per heavy atom. The average Bonchev–Trinajstić information content (AvgIpc) is 3.18. The van der Waals surface area contributed by atoms with Crippen molar-refractivity contribution >= 4 is 5.91 Å². The first kappa shape index (κ1) is 19.2. The van der Waals surface area contributed by atoms with Gasteiger partial charge in [0.15, 0.2) is 0 Å². The third kappa shape index (κ3) is 4.41. The van der Waals surface area contributed by atoms with Crippen LogP contribution in [0.15, 0.2) is 47.9 Å². The molecule has 0 spiro atoms. The lowest BCUT2D eigenvalue weighted by atomic mass is 10.1. The summed E-state index contributed by atoms with van der Waals surface area (Å²) in [5.41, 5.74) is -0.214. The lowest BCUT2D eigenvalue weighted by molar-refractivity contribution is 0.0632. The van der Waals surface area contributed by atoms with E-state index in [1.165, 1.54) is 40.6 Å². The minimum atomic E-state index is -1.00. The monoisotopic (exact) mass is 384 g/mol. The molecule has 0 aliphatic heterocycles. The van der Waals surface area contributed by atoms with Gasteiger partial charge >= 0.3 is 0 Å². The molecule has 1 amide bonds. The fourth-order valence-electron chi connectivity index (χ4n) is 2.70. The van der Waals surface area contributed by atoms with Crippen LogP contribution in [0.2, 0.25) is 0 Å². The summed E-state index contributed by atoms with van der Waals surface area (Å²) in [6.07, 6.45) is 3.07. The molecule has 0 radical (unpaired) electrons. The molecule has 1 aromatic carbocycles. The van der Waals surface area contributed by atoms with Gasteiger partial charge in [-0.25, -0.2) is 14.6 Å². The standard InChI is InChI=1S/C18H20N6O4/c1-2-23(8-15(26)12-4-3-5-13(25)6-12)18(28)14-7-20-16(22-17(14)27)9-24-11-19-10-21-24/h3-7,10-11,15,25-26H,2,8-9H2,1H3,(H,20,22,27). The number of H-pyrrole nitrogens is 1. The van der Waals surface area contributed by atoms with E-state index in [1.54, 1.807) is 19.1 Å². The van der Waals surface area contributed by atoms with E-state index in [0.29, 0.717) is 11.4 Å². The molecule has 3 rings (SSSR count). The SMILES string of the molecule is CCN(CC(O)c1cccc(O)c1)C(=O)c1cnc(Cn2cncn2)[nH]c1=O. The number of aliphatic hydroxyl groups is 1. The van der Waals surface area contributed by atoms with Crippen molar-refractivity contribution in [2.45, 2.75) is 19.6 Å². The summed E-state index contributed by atoms with van der Waals surface area (Å²) in [7, 11) is 0. The number of rotatable bonds is 7. The predicted molar refractivity (Wildman–Crippen MR) is 98.6 cm³/mol. The van der Waals surface area contributed by atoms with Crippen LogP contribution in [0.25, 0.3) is 0 Å². The van der Waals surface area contributed by atoms with Crippen molar-refractivity contribution in [3.63, 3.8) is 0 Å². The number of aromatic hydroxyl groups is 1. The number of nitrogens with zero attached hydrogens (tertiary/aromatic N) is 5. The van der Waals surface area contributed by atoms with Crippen LogP contribution < -0.4 is 5.56 Å². The molecule has 10 nitrogen and oxygen atoms in total. The maximum Gasteiger partial charge on any atom is 0.263 e. The van der Waals surface area contributed by atoms with Gasteiger partial charge in [0.25, 0.3) is 11.5 Å². The Bertz CT molecular complexity index is 1000. The van der Waals surface area contributed by atoms with E-state index >= 15 is 0 Å². The Morgan fingerprint density at radius 3 is 2.86 bits per heavy atom. The van der Waals surface area contributed by atoms with E-state index in [2.05, 4.69) is 20.1 Å². The van der Waals surface area contributed by atoms with Gasteiger partial charge in [-0.3, -0.25) is 9.59 Å². The number of aromatic nitrogens is 5. The van der Waals surface area contributed by atoms with Gasteiger partial charge in [-0.2, -0.15) is 5.10 Å². The topological polar surface area (TPSA) is 137 Å². The van der Waals surface area contributed by atoms with Crippen LogP contribution in [-0.4, -0.2) is 58.8 Å². The molecule has 1 unspecified atom stereocenters. The Balaban J connectivity index is 1.74. The number of carbonyl (C=O) groups excluding carboxylic acids is 1. The van der Waals surface area contributed by atoms with Crippen LogP contribution in [0.4, 0.5) is 0 Å². The Kier molecular flexibility index (Phi) is 5.80. The van der Waals surface area contributed by atoms with Crippen molar-refractivity contribution < 1.29 is 15.0 Å². The lowest BCUT2D eigenvalue weighted by Gasteiger charge is -2.24. The molecule has 2 aromatic heterocycles. The first-order valence-corrected chi connectivity index (χ1v) is 8.64. The lowest BCUT2D eigenvalue weighted by Crippen LogP contribution is -2.38. The molecule has 28 heavy (non-hydrogen) atoms. The van der Waals surface area contributed by atoms with Crippen molar-refractivity contribution in [2.75, 3.05) is 13.1 Å². The fourth-order valence-corrected chi connectivity index (χ4v) is 2.70. The normalized spacial score (nSPS) is 11.9. The molecule has 0 saturated heterocycles. The van der Waals surface area contributed by atoms with Gasteiger partial charge in [-0.1, -0.05) is 12.1 Å². The molecule has 0 aliphatic rings. The second-order valence-electron chi connectivity index (χ2n) is 6.12. The van der Waals surface area contributed by atoms with Crippen LogP contribution in [-0.2, 0) is 6.54 Å². The summed E-state index contributed by atoms with van der Waals surface area (Å²) in [5, 5.41) is 23.8. The van der Waals surface area contributed by atoms with Gasteiger partial charge in [0.1, 0.15) is 36.3 Å². The Hall–Kier alpha value is -3.53. The summed E-state index contributed by atoms with van der Waals surface area (Å²) in [6.45, 7) is 2.22. The van der Waals surface area contributed by atoms with E-state index < -0.39 is 17.6 Å². The molecule has 3 N–H and O–H groups in total. The average molecular weight is 384 g/mol. The number of hydrogen-bond donors (Lipinski definition) is 3. The number of carbonyl (C=O) groups is 1. The highest BCUT2D eigenvalue weighted by Crippen LogP contribution is 2.19. The van der Waals surface area contributed by atoms with E-state index in [1.807, 2.05) is 0 Å². The second kappa shape index (κ2) is 8.44. The minimum absolute atomic E-state index is 0.0227. The summed E-state index contributed by atoms with van der Waals surface area (Å²) < 4.78 is 1.49. The number of benzene rings is 1. The maximum atomic E-state index is 12.7. The van der Waals surface area contributed by atoms with Gasteiger partial charge < -0.3 is 20.1 Å². The number of amides is 1. The highest BCUT2D eigenvalue weighted by atomic mass is 16.3. The van der Waals surface area contributed by atoms with E-state index in [4.69, 9.17) is 0 Å². The molecule has 2 heterocycles. The number of likely N-dealkylation sites (N-methyl/N-ethyl adjacent to an activating group) is 1. The number of nitrogens with one attached hydrogen (secondary N) is 1. The first-order chi connectivity index (χ1) is 13.5. The van der Waals surface area contributed by atoms with Gasteiger partial charge in [0.2, 0.25) is 0 Å². The zero-order valence-electron chi connectivity index (χ0n) is 15.2. The first-order valence-electron chi connectivity index (χ1n) is 8.64. The number of phenolic OH excluding ortho intramolecular Hbond substituents is 1. The van der Waals surface area contributed by atoms with E-state index in [9.17, 15) is 19.8 Å². The molecular formula is C18H20N6O4. The van der Waals surface area contributed by atoms with Crippen LogP contribution in [0.3, 0.4) is 0 Å². The number of phenols is 1. The van der Waals surface area contributed by atoms with Crippen molar-refractivity contribution in [1.82, 2.24) is 29.6 Å². The summed E-state index contributed by atoms with van der Waals surface area (Å²) >= 11 is 0. The molecule has 3 aromatic rings. The van der Waals surface area contributed by atoms with Crippen molar-refractivity contribution in [3.8, 4) is 5.75 Å². The van der Waals surface area contributed by atoms with Crippen LogP contribution >= 0.6 is 0 Å². The highest BCUT2D eigenvalue weighted by Gasteiger charge is 2.22. The third-order valence-electron chi connectivity index (χ3n) is 4.18. The molecule has 10 heteroatoms. The minimum Gasteiger partial charge on any atom is -0.508 e. The maximum absolute atomic E-state index is 12.7. The van der Waals surface area contributed by atoms with Gasteiger partial charge in [-0.15, -0.1) is 0 Å². The Morgan fingerprint density at radius 2 is 2.21 bits per heavy atom. The smallest absolute Gasteiger partial charge is 0.263 e. The molecule has 0 fully saturated rings. The molecule has 146 valence electrons. The quantitative estimate of drug-likeness (QED) is 0.533. The fraction of sp³-hybridized carbons (Fsp3) is 0.278. The van der Waals surface area contributed by atoms with E-state index in [-0.39, 0.29) is 30.9 Å². The highest BCUT2D eigenvalue weighted by molar-refractivity contribution is 5.93. The van der Waals surface area contributed by atoms with Gasteiger partial charge in [0, 0.05) is 12.7 Å². The zero-order chi connectivity index (χ0) is 20.1. The third-order valence-corrected chi connectivity index (χ3v) is 4.18. The molecular weight excluding hydrogens is 364 g/mol. The number of hydrogen-bond acceptors (Lipinski definition) is 7. The molecule has 1 atom stereocenters. The largest absolute Gasteiger partial charge is 0.508 e. The van der Waals surface area contributed by atoms with Gasteiger partial charge in [-0.05, 0) is 24.6 Å². The van der Waals surface area contributed by atoms with Crippen LogP contribution in [0, 0.1) is 0 Å². The zero-order valence-corrected chi connectivity index (χ0v) is 15.2. The van der Waals surface area contributed by atoms with E-state index in [0.717, 1.165) is 0 Å². The summed E-state index contributed by atoms with van der Waals surface area (Å²) in [6, 6.07) is 6.17. The molecule has 0 bridgehead atoms. The molecule has 0 saturated carbocycles. The predicted octanol–water partition coefficient (Wildman–Crippen LogP) is 0.311. The van der Waals surface area contributed by atoms with Crippen molar-refractivity contribution in [1.29, 1.82) is 0 Å². The van der Waals surface area contributed by atoms with Crippen molar-refractivity contribution in [3.05, 3.63) is 70.4 Å². The Labute approximate surface area is 160 Å². The second-order valence-corrected chi connectivity index (χ2v) is 6.12.